The van der Waals surface area contributed by atoms with Gasteiger partial charge < -0.3 is 9.84 Å². The van der Waals surface area contributed by atoms with Gasteiger partial charge in [-0.15, -0.1) is 0 Å². The molecule has 126 valence electrons. The average molecular weight is 314 g/mol. The number of ether oxygens (including phenoxy) is 1. The summed E-state index contributed by atoms with van der Waals surface area (Å²) in [7, 11) is 1.71. The Balaban J connectivity index is 1.81. The maximum atomic E-state index is 10.0. The minimum Gasteiger partial charge on any atom is -0.497 e. The van der Waals surface area contributed by atoms with E-state index < -0.39 is 0 Å². The lowest BCUT2D eigenvalue weighted by atomic mass is 9.98. The van der Waals surface area contributed by atoms with Gasteiger partial charge in [0.05, 0.1) is 13.2 Å². The van der Waals surface area contributed by atoms with Crippen molar-refractivity contribution in [2.24, 2.45) is 5.92 Å². The highest BCUT2D eigenvalue weighted by molar-refractivity contribution is 5.29. The second kappa shape index (κ2) is 8.93. The number of benzene rings is 1. The number of aliphatic hydroxyl groups is 1. The zero-order valence-corrected chi connectivity index (χ0v) is 14.7. The molecule has 0 spiro atoms. The van der Waals surface area contributed by atoms with E-state index in [1.165, 1.54) is 16.7 Å². The molecule has 0 saturated heterocycles. The Morgan fingerprint density at radius 2 is 2.22 bits per heavy atom. The van der Waals surface area contributed by atoms with Crippen molar-refractivity contribution >= 4 is 0 Å². The lowest BCUT2D eigenvalue weighted by Crippen LogP contribution is -2.04. The fraction of sp³-hybridized carbons (Fsp3) is 0.524. The Bertz CT molecular complexity index is 557. The van der Waals surface area contributed by atoms with Gasteiger partial charge in [-0.05, 0) is 67.7 Å². The maximum Gasteiger partial charge on any atom is 0.119 e. The molecule has 0 saturated carbocycles. The molecule has 1 aliphatic carbocycles. The summed E-state index contributed by atoms with van der Waals surface area (Å²) in [5.41, 5.74) is 4.09. The van der Waals surface area contributed by atoms with Crippen LogP contribution < -0.4 is 4.74 Å². The molecule has 0 aromatic heterocycles. The minimum atomic E-state index is -0.187. The number of rotatable bonds is 8. The Labute approximate surface area is 140 Å². The fourth-order valence-corrected chi connectivity index (χ4v) is 3.44. The zero-order chi connectivity index (χ0) is 16.7. The average Bonchev–Trinajstić information content (AvgIpc) is 2.92. The van der Waals surface area contributed by atoms with Crippen LogP contribution in [0.1, 0.15) is 51.5 Å². The molecule has 1 aromatic carbocycles. The summed E-state index contributed by atoms with van der Waals surface area (Å²) >= 11 is 0. The summed E-state index contributed by atoms with van der Waals surface area (Å²) in [6.45, 7) is 4.44. The van der Waals surface area contributed by atoms with Gasteiger partial charge in [0.25, 0.3) is 0 Å². The second-order valence-corrected chi connectivity index (χ2v) is 6.54. The van der Waals surface area contributed by atoms with Crippen LogP contribution in [0.25, 0.3) is 0 Å². The number of allylic oxidation sites excluding steroid dienone is 3. The van der Waals surface area contributed by atoms with Gasteiger partial charge in [-0.3, -0.25) is 0 Å². The van der Waals surface area contributed by atoms with E-state index in [4.69, 9.17) is 4.74 Å². The summed E-state index contributed by atoms with van der Waals surface area (Å²) in [4.78, 5) is 0. The first kappa shape index (κ1) is 17.8. The van der Waals surface area contributed by atoms with Crippen molar-refractivity contribution in [3.63, 3.8) is 0 Å². The molecular formula is C21H30O2. The van der Waals surface area contributed by atoms with Gasteiger partial charge in [-0.2, -0.15) is 0 Å². The summed E-state index contributed by atoms with van der Waals surface area (Å²) in [5.74, 6) is 1.43. The van der Waals surface area contributed by atoms with Crippen LogP contribution in [-0.2, 0) is 6.42 Å². The maximum absolute atomic E-state index is 10.0. The lowest BCUT2D eigenvalue weighted by molar-refractivity contribution is 0.208. The molecule has 0 amide bonds. The van der Waals surface area contributed by atoms with Gasteiger partial charge in [0, 0.05) is 0 Å². The van der Waals surface area contributed by atoms with E-state index in [0.29, 0.717) is 5.92 Å². The van der Waals surface area contributed by atoms with E-state index in [0.717, 1.165) is 44.3 Å². The van der Waals surface area contributed by atoms with Crippen LogP contribution >= 0.6 is 0 Å². The largest absolute Gasteiger partial charge is 0.497 e. The van der Waals surface area contributed by atoms with Crippen molar-refractivity contribution in [1.82, 2.24) is 0 Å². The molecule has 2 unspecified atom stereocenters. The van der Waals surface area contributed by atoms with Crippen LogP contribution in [0, 0.1) is 5.92 Å². The number of methoxy groups -OCH3 is 1. The molecule has 0 aliphatic heterocycles. The second-order valence-electron chi connectivity index (χ2n) is 6.54. The summed E-state index contributed by atoms with van der Waals surface area (Å²) in [6, 6.07) is 8.29. The molecule has 0 heterocycles. The van der Waals surface area contributed by atoms with Crippen molar-refractivity contribution < 1.29 is 9.84 Å². The molecule has 1 aliphatic rings. The molecule has 0 fully saturated rings. The fourth-order valence-electron chi connectivity index (χ4n) is 3.44. The first-order valence-corrected chi connectivity index (χ1v) is 8.82. The third-order valence-corrected chi connectivity index (χ3v) is 4.74. The molecular weight excluding hydrogens is 284 g/mol. The molecule has 2 atom stereocenters. The molecule has 0 radical (unpaired) electrons. The summed E-state index contributed by atoms with van der Waals surface area (Å²) < 4.78 is 5.28. The van der Waals surface area contributed by atoms with Gasteiger partial charge in [0.2, 0.25) is 0 Å². The lowest BCUT2D eigenvalue weighted by Gasteiger charge is -2.10. The Morgan fingerprint density at radius 3 is 2.96 bits per heavy atom. The van der Waals surface area contributed by atoms with E-state index in [1.807, 2.05) is 12.1 Å². The topological polar surface area (TPSA) is 29.5 Å². The first-order chi connectivity index (χ1) is 11.1. The minimum absolute atomic E-state index is 0.187. The Hall–Kier alpha value is -1.54. The van der Waals surface area contributed by atoms with Crippen molar-refractivity contribution in [3.8, 4) is 5.75 Å². The van der Waals surface area contributed by atoms with Crippen LogP contribution in [0.4, 0.5) is 0 Å². The van der Waals surface area contributed by atoms with Gasteiger partial charge in [0.1, 0.15) is 5.75 Å². The van der Waals surface area contributed by atoms with Gasteiger partial charge in [-0.1, -0.05) is 43.7 Å². The van der Waals surface area contributed by atoms with E-state index in [-0.39, 0.29) is 6.10 Å². The molecule has 1 aromatic rings. The summed E-state index contributed by atoms with van der Waals surface area (Å²) in [6.07, 6.45) is 10.5. The molecule has 2 nitrogen and oxygen atoms in total. The first-order valence-electron chi connectivity index (χ1n) is 8.82. The van der Waals surface area contributed by atoms with Crippen LogP contribution in [0.2, 0.25) is 0 Å². The van der Waals surface area contributed by atoms with Crippen molar-refractivity contribution in [3.05, 3.63) is 53.1 Å². The summed E-state index contributed by atoms with van der Waals surface area (Å²) in [5, 5.41) is 10.0. The highest BCUT2D eigenvalue weighted by Gasteiger charge is 2.21. The highest BCUT2D eigenvalue weighted by atomic mass is 16.5. The smallest absolute Gasteiger partial charge is 0.119 e. The molecule has 1 N–H and O–H groups in total. The van der Waals surface area contributed by atoms with E-state index >= 15 is 0 Å². The third-order valence-electron chi connectivity index (χ3n) is 4.74. The normalized spacial score (nSPS) is 19.6. The quantitative estimate of drug-likeness (QED) is 0.679. The molecule has 0 bridgehead atoms. The van der Waals surface area contributed by atoms with E-state index in [9.17, 15) is 5.11 Å². The van der Waals surface area contributed by atoms with E-state index in [2.05, 4.69) is 38.1 Å². The number of hydrogen-bond acceptors (Lipinski definition) is 2. The van der Waals surface area contributed by atoms with E-state index in [1.54, 1.807) is 7.11 Å². The van der Waals surface area contributed by atoms with Crippen molar-refractivity contribution in [1.29, 1.82) is 0 Å². The molecule has 2 rings (SSSR count). The van der Waals surface area contributed by atoms with Crippen molar-refractivity contribution in [2.75, 3.05) is 7.11 Å². The third kappa shape index (κ3) is 5.24. The van der Waals surface area contributed by atoms with Crippen molar-refractivity contribution in [2.45, 2.75) is 58.5 Å². The van der Waals surface area contributed by atoms with Gasteiger partial charge >= 0.3 is 0 Å². The number of aliphatic hydroxyl groups excluding tert-OH is 1. The SMILES string of the molecule is CCC1=C(CC/C=C/C(C)Cc2cccc(OC)c2)C(O)CC1. The Morgan fingerprint density at radius 1 is 1.39 bits per heavy atom. The van der Waals surface area contributed by atoms with Gasteiger partial charge in [0.15, 0.2) is 0 Å². The van der Waals surface area contributed by atoms with Crippen LogP contribution in [0.3, 0.4) is 0 Å². The number of hydrogen-bond donors (Lipinski definition) is 1. The highest BCUT2D eigenvalue weighted by Crippen LogP contribution is 2.31. The monoisotopic (exact) mass is 314 g/mol. The Kier molecular flexibility index (Phi) is 6.91. The van der Waals surface area contributed by atoms with Crippen LogP contribution in [0.15, 0.2) is 47.6 Å². The zero-order valence-electron chi connectivity index (χ0n) is 14.7. The standard InChI is InChI=1S/C21H30O2/c1-4-18-12-13-21(22)20(18)11-6-5-8-16(2)14-17-9-7-10-19(15-17)23-3/h5,7-10,15-16,21-22H,4,6,11-14H2,1-3H3/b8-5+. The molecule has 23 heavy (non-hydrogen) atoms. The predicted molar refractivity (Wildman–Crippen MR) is 96.8 cm³/mol. The molecule has 2 heteroatoms. The van der Waals surface area contributed by atoms with Crippen LogP contribution in [-0.4, -0.2) is 18.3 Å². The van der Waals surface area contributed by atoms with Gasteiger partial charge in [-0.25, -0.2) is 0 Å². The predicted octanol–water partition coefficient (Wildman–Crippen LogP) is 5.07. The van der Waals surface area contributed by atoms with Crippen LogP contribution in [0.5, 0.6) is 5.75 Å².